The first kappa shape index (κ1) is 24.5. The molecule has 1 heterocycles. The summed E-state index contributed by atoms with van der Waals surface area (Å²) in [4.78, 5) is 38.2. The maximum Gasteiger partial charge on any atom is 0.401 e. The molecule has 1 aromatic rings. The molecule has 172 valence electrons. The number of carbonyl (C=O) groups is 3. The smallest absolute Gasteiger partial charge is 0.370 e. The van der Waals surface area contributed by atoms with E-state index >= 15 is 0 Å². The second-order valence-corrected chi connectivity index (χ2v) is 7.49. The quantitative estimate of drug-likeness (QED) is 0.463. The number of alkyl halides is 3. The Morgan fingerprint density at radius 2 is 2.00 bits per heavy atom. The van der Waals surface area contributed by atoms with Gasteiger partial charge in [0.05, 0.1) is 18.8 Å². The number of hydrogen-bond acceptors (Lipinski definition) is 5. The van der Waals surface area contributed by atoms with Gasteiger partial charge in [-0.1, -0.05) is 13.8 Å². The van der Waals surface area contributed by atoms with E-state index in [2.05, 4.69) is 5.32 Å². The molecule has 0 unspecified atom stereocenters. The zero-order chi connectivity index (χ0) is 23.3. The molecule has 1 fully saturated rings. The lowest BCUT2D eigenvalue weighted by atomic mass is 10.1. The maximum absolute atomic E-state index is 14.5. The van der Waals surface area contributed by atoms with Gasteiger partial charge in [-0.25, -0.2) is 4.39 Å². The van der Waals surface area contributed by atoms with Crippen LogP contribution in [0, 0.1) is 11.7 Å². The Hall–Kier alpha value is -2.73. The molecule has 0 saturated carbocycles. The number of amides is 3. The van der Waals surface area contributed by atoms with E-state index in [4.69, 9.17) is 10.5 Å². The normalized spacial score (nSPS) is 16.0. The Labute approximate surface area is 176 Å². The Morgan fingerprint density at radius 3 is 2.52 bits per heavy atom. The summed E-state index contributed by atoms with van der Waals surface area (Å²) in [5.41, 5.74) is 5.07. The number of benzene rings is 1. The van der Waals surface area contributed by atoms with Crippen molar-refractivity contribution in [1.82, 2.24) is 4.90 Å². The van der Waals surface area contributed by atoms with Crippen LogP contribution in [0.4, 0.5) is 28.9 Å². The monoisotopic (exact) mass is 448 g/mol. The summed E-state index contributed by atoms with van der Waals surface area (Å²) < 4.78 is 58.4. The number of nitrogens with two attached hydrogens (primary N) is 1. The average Bonchev–Trinajstić information content (AvgIpc) is 2.61. The molecule has 0 spiro atoms. The molecule has 1 aliphatic rings. The highest BCUT2D eigenvalue weighted by Crippen LogP contribution is 2.24. The highest BCUT2D eigenvalue weighted by molar-refractivity contribution is 6.09. The zero-order valence-electron chi connectivity index (χ0n) is 17.0. The Kier molecular flexibility index (Phi) is 7.96. The summed E-state index contributed by atoms with van der Waals surface area (Å²) in [6.45, 7) is 1.81. The Morgan fingerprint density at radius 1 is 1.32 bits per heavy atom. The predicted molar refractivity (Wildman–Crippen MR) is 104 cm³/mol. The van der Waals surface area contributed by atoms with Crippen molar-refractivity contribution in [3.63, 3.8) is 0 Å². The van der Waals surface area contributed by atoms with Gasteiger partial charge >= 0.3 is 6.18 Å². The minimum absolute atomic E-state index is 0.148. The number of halogens is 4. The van der Waals surface area contributed by atoms with Gasteiger partial charge in [-0.2, -0.15) is 13.2 Å². The van der Waals surface area contributed by atoms with Crippen LogP contribution in [0.25, 0.3) is 0 Å². The number of rotatable bonds is 8. The molecule has 1 aromatic carbocycles. The topological polar surface area (TPSA) is 105 Å². The lowest BCUT2D eigenvalue weighted by molar-refractivity contribution is -0.158. The minimum atomic E-state index is -4.68. The van der Waals surface area contributed by atoms with Crippen LogP contribution in [0.15, 0.2) is 18.2 Å². The molecule has 0 bridgehead atoms. The van der Waals surface area contributed by atoms with Crippen molar-refractivity contribution in [2.24, 2.45) is 11.7 Å². The van der Waals surface area contributed by atoms with Crippen LogP contribution in [0.3, 0.4) is 0 Å². The largest absolute Gasteiger partial charge is 0.401 e. The van der Waals surface area contributed by atoms with E-state index in [9.17, 15) is 31.9 Å². The number of morpholine rings is 1. The van der Waals surface area contributed by atoms with Crippen LogP contribution in [-0.2, 0) is 19.1 Å². The van der Waals surface area contributed by atoms with Gasteiger partial charge in [0.15, 0.2) is 6.04 Å². The van der Waals surface area contributed by atoms with Crippen LogP contribution < -0.4 is 16.0 Å². The number of carbonyl (C=O) groups excluding carboxylic acids is 3. The van der Waals surface area contributed by atoms with Gasteiger partial charge in [0, 0.05) is 18.8 Å². The SMILES string of the molecule is CC(C)CN(CC(F)(F)F)[C@H](C(N)=O)C(=O)Nc1ccc(N2CCOCC2=O)cc1F. The summed E-state index contributed by atoms with van der Waals surface area (Å²) in [6, 6.07) is 1.56. The molecule has 2 rings (SSSR count). The highest BCUT2D eigenvalue weighted by atomic mass is 19.4. The molecule has 1 atom stereocenters. The van der Waals surface area contributed by atoms with Crippen molar-refractivity contribution in [3.8, 4) is 0 Å². The van der Waals surface area contributed by atoms with Crippen molar-refractivity contribution in [2.45, 2.75) is 26.1 Å². The second-order valence-electron chi connectivity index (χ2n) is 7.49. The first-order chi connectivity index (χ1) is 14.4. The van der Waals surface area contributed by atoms with Crippen molar-refractivity contribution in [2.75, 3.05) is 43.1 Å². The number of primary amides is 1. The summed E-state index contributed by atoms with van der Waals surface area (Å²) >= 11 is 0. The van der Waals surface area contributed by atoms with Crippen LogP contribution in [0.1, 0.15) is 13.8 Å². The molecule has 3 N–H and O–H groups in total. The molecule has 12 heteroatoms. The van der Waals surface area contributed by atoms with E-state index in [0.717, 1.165) is 12.1 Å². The van der Waals surface area contributed by atoms with Crippen molar-refractivity contribution < 1.29 is 36.7 Å². The molecule has 0 aliphatic carbocycles. The Balaban J connectivity index is 2.23. The molecule has 31 heavy (non-hydrogen) atoms. The number of ether oxygens (including phenoxy) is 1. The molecule has 0 radical (unpaired) electrons. The van der Waals surface area contributed by atoms with Crippen molar-refractivity contribution in [3.05, 3.63) is 24.0 Å². The first-order valence-corrected chi connectivity index (χ1v) is 9.47. The lowest BCUT2D eigenvalue weighted by Crippen LogP contribution is -2.55. The summed E-state index contributed by atoms with van der Waals surface area (Å²) in [7, 11) is 0. The molecular weight excluding hydrogens is 424 g/mol. The van der Waals surface area contributed by atoms with Gasteiger partial charge in [-0.15, -0.1) is 0 Å². The standard InChI is InChI=1S/C19H24F4N4O4/c1-11(2)8-26(10-19(21,22)23)16(17(24)29)18(30)25-14-4-3-12(7-13(14)20)27-5-6-31-9-15(27)28/h3-4,7,11,16H,5-6,8-10H2,1-2H3,(H2,24,29)(H,25,30)/t16-/m1/s1. The first-order valence-electron chi connectivity index (χ1n) is 9.47. The van der Waals surface area contributed by atoms with E-state index in [-0.39, 0.29) is 49.5 Å². The third-order valence-corrected chi connectivity index (χ3v) is 4.37. The third kappa shape index (κ3) is 6.89. The van der Waals surface area contributed by atoms with E-state index in [1.165, 1.54) is 11.0 Å². The van der Waals surface area contributed by atoms with E-state index in [1.807, 2.05) is 0 Å². The highest BCUT2D eigenvalue weighted by Gasteiger charge is 2.39. The van der Waals surface area contributed by atoms with Gasteiger partial charge in [0.25, 0.3) is 11.8 Å². The van der Waals surface area contributed by atoms with Crippen LogP contribution in [0.2, 0.25) is 0 Å². The van der Waals surface area contributed by atoms with Crippen LogP contribution in [-0.4, -0.2) is 67.7 Å². The number of nitrogens with one attached hydrogen (secondary N) is 1. The van der Waals surface area contributed by atoms with Crippen LogP contribution in [0.5, 0.6) is 0 Å². The molecule has 8 nitrogen and oxygen atoms in total. The van der Waals surface area contributed by atoms with Gasteiger partial charge in [-0.05, 0) is 24.1 Å². The molecule has 0 aromatic heterocycles. The number of hydrogen-bond donors (Lipinski definition) is 2. The van der Waals surface area contributed by atoms with E-state index in [1.54, 1.807) is 13.8 Å². The van der Waals surface area contributed by atoms with Gasteiger partial charge in [0.1, 0.15) is 12.4 Å². The minimum Gasteiger partial charge on any atom is -0.370 e. The fourth-order valence-electron chi connectivity index (χ4n) is 3.20. The molecular formula is C19H24F4N4O4. The fraction of sp³-hybridized carbons (Fsp3) is 0.526. The van der Waals surface area contributed by atoms with Gasteiger partial charge < -0.3 is 20.7 Å². The van der Waals surface area contributed by atoms with Crippen LogP contribution >= 0.6 is 0 Å². The summed E-state index contributed by atoms with van der Waals surface area (Å²) in [5, 5.41) is 2.12. The maximum atomic E-state index is 14.5. The summed E-state index contributed by atoms with van der Waals surface area (Å²) in [5.74, 6) is -4.09. The van der Waals surface area contributed by atoms with Crippen molar-refractivity contribution >= 4 is 29.1 Å². The second kappa shape index (κ2) is 10.1. The lowest BCUT2D eigenvalue weighted by Gasteiger charge is -2.30. The molecule has 1 saturated heterocycles. The van der Waals surface area contributed by atoms with Gasteiger partial charge in [0.2, 0.25) is 5.91 Å². The third-order valence-electron chi connectivity index (χ3n) is 4.37. The summed E-state index contributed by atoms with van der Waals surface area (Å²) in [6.07, 6.45) is -4.68. The van der Waals surface area contributed by atoms with E-state index < -0.39 is 36.4 Å². The molecule has 3 amide bonds. The van der Waals surface area contributed by atoms with E-state index in [0.29, 0.717) is 4.90 Å². The van der Waals surface area contributed by atoms with Gasteiger partial charge in [-0.3, -0.25) is 19.3 Å². The fourth-order valence-corrected chi connectivity index (χ4v) is 3.20. The predicted octanol–water partition coefficient (Wildman–Crippen LogP) is 1.50. The number of anilines is 2. The average molecular weight is 448 g/mol. The Bertz CT molecular complexity index is 832. The van der Waals surface area contributed by atoms with Crippen molar-refractivity contribution in [1.29, 1.82) is 0 Å². The zero-order valence-corrected chi connectivity index (χ0v) is 17.0. The number of nitrogens with zero attached hydrogens (tertiary/aromatic N) is 2. The molecule has 1 aliphatic heterocycles.